The first kappa shape index (κ1) is 19.4. The largest absolute Gasteiger partial charge is 0.351 e. The Morgan fingerprint density at radius 2 is 2.00 bits per heavy atom. The maximum absolute atomic E-state index is 13.7. The molecule has 2 aliphatic rings. The highest BCUT2D eigenvalue weighted by Gasteiger charge is 2.48. The van der Waals surface area contributed by atoms with Crippen LogP contribution in [0.25, 0.3) is 10.2 Å². The number of aromatic nitrogens is 1. The van der Waals surface area contributed by atoms with E-state index in [1.54, 1.807) is 16.2 Å². The minimum absolute atomic E-state index is 0.0425. The third-order valence-electron chi connectivity index (χ3n) is 6.82. The molecular formula is C24H27N3O2S. The Hall–Kier alpha value is -2.60. The van der Waals surface area contributed by atoms with Crippen LogP contribution in [-0.4, -0.2) is 32.9 Å². The summed E-state index contributed by atoms with van der Waals surface area (Å²) in [5.41, 5.74) is 2.98. The van der Waals surface area contributed by atoms with Gasteiger partial charge in [-0.05, 0) is 55.3 Å². The van der Waals surface area contributed by atoms with Crippen LogP contribution in [0.3, 0.4) is 0 Å². The maximum atomic E-state index is 13.7. The average molecular weight is 422 g/mol. The number of aryl methyl sites for hydroxylation is 1. The number of rotatable bonds is 4. The molecule has 1 unspecified atom stereocenters. The predicted molar refractivity (Wildman–Crippen MR) is 120 cm³/mol. The van der Waals surface area contributed by atoms with Crippen LogP contribution in [0.15, 0.2) is 41.8 Å². The lowest BCUT2D eigenvalue weighted by molar-refractivity contribution is -0.133. The number of thiophene rings is 1. The van der Waals surface area contributed by atoms with E-state index in [9.17, 15) is 9.59 Å². The standard InChI is InChI=1S/C24H27N3O2S/c1-16-7-3-4-8-17(16)14-27-22(28)20-13-21-19(11-12-30-21)26(20)15-24(27,2)23(29)25-18-9-5-6-10-18/h3-4,7-8,11-13,18H,5-6,9-10,14-15H2,1-2H3,(H,25,29). The Balaban J connectivity index is 1.57. The summed E-state index contributed by atoms with van der Waals surface area (Å²) < 4.78 is 3.13. The van der Waals surface area contributed by atoms with E-state index < -0.39 is 5.54 Å². The van der Waals surface area contributed by atoms with Crippen molar-refractivity contribution >= 4 is 33.4 Å². The molecule has 2 aromatic heterocycles. The molecule has 0 bridgehead atoms. The number of nitrogens with zero attached hydrogens (tertiary/aromatic N) is 2. The van der Waals surface area contributed by atoms with E-state index >= 15 is 0 Å². The van der Waals surface area contributed by atoms with Crippen molar-refractivity contribution < 1.29 is 9.59 Å². The van der Waals surface area contributed by atoms with Crippen LogP contribution in [0.4, 0.5) is 0 Å². The van der Waals surface area contributed by atoms with Gasteiger partial charge in [0.2, 0.25) is 5.91 Å². The molecule has 0 spiro atoms. The van der Waals surface area contributed by atoms with Crippen molar-refractivity contribution in [3.05, 3.63) is 58.6 Å². The van der Waals surface area contributed by atoms with Gasteiger partial charge >= 0.3 is 0 Å². The van der Waals surface area contributed by atoms with Crippen molar-refractivity contribution in [2.24, 2.45) is 0 Å². The number of nitrogens with one attached hydrogen (secondary N) is 1. The fourth-order valence-electron chi connectivity index (χ4n) is 4.89. The summed E-state index contributed by atoms with van der Waals surface area (Å²) in [7, 11) is 0. The van der Waals surface area contributed by atoms with Crippen molar-refractivity contribution in [3.63, 3.8) is 0 Å². The van der Waals surface area contributed by atoms with E-state index in [0.29, 0.717) is 18.8 Å². The smallest absolute Gasteiger partial charge is 0.271 e. The van der Waals surface area contributed by atoms with Gasteiger partial charge in [0.15, 0.2) is 0 Å². The van der Waals surface area contributed by atoms with E-state index in [0.717, 1.165) is 47.0 Å². The van der Waals surface area contributed by atoms with Crippen LogP contribution in [-0.2, 0) is 17.9 Å². The van der Waals surface area contributed by atoms with Gasteiger partial charge in [-0.1, -0.05) is 37.1 Å². The molecule has 1 atom stereocenters. The first-order valence-corrected chi connectivity index (χ1v) is 11.6. The van der Waals surface area contributed by atoms with Crippen molar-refractivity contribution in [2.45, 2.75) is 64.2 Å². The second-order valence-electron chi connectivity index (χ2n) is 8.83. The summed E-state index contributed by atoms with van der Waals surface area (Å²) in [6.07, 6.45) is 4.36. The quantitative estimate of drug-likeness (QED) is 0.675. The topological polar surface area (TPSA) is 54.3 Å². The van der Waals surface area contributed by atoms with Gasteiger partial charge in [0.05, 0.1) is 16.8 Å². The molecule has 1 saturated carbocycles. The molecule has 3 aromatic rings. The fourth-order valence-corrected chi connectivity index (χ4v) is 5.71. The molecule has 1 aromatic carbocycles. The van der Waals surface area contributed by atoms with Crippen molar-refractivity contribution in [1.29, 1.82) is 0 Å². The van der Waals surface area contributed by atoms with Gasteiger partial charge in [-0.3, -0.25) is 9.59 Å². The maximum Gasteiger partial charge on any atom is 0.271 e. The number of carbonyl (C=O) groups is 2. The zero-order valence-electron chi connectivity index (χ0n) is 17.5. The molecule has 156 valence electrons. The Labute approximate surface area is 180 Å². The number of fused-ring (bicyclic) bond motifs is 3. The number of hydrogen-bond acceptors (Lipinski definition) is 3. The van der Waals surface area contributed by atoms with Crippen LogP contribution in [0.1, 0.15) is 54.2 Å². The lowest BCUT2D eigenvalue weighted by Gasteiger charge is -2.44. The Morgan fingerprint density at radius 3 is 2.77 bits per heavy atom. The molecule has 6 heteroatoms. The molecule has 1 N–H and O–H groups in total. The van der Waals surface area contributed by atoms with Gasteiger partial charge in [-0.2, -0.15) is 0 Å². The van der Waals surface area contributed by atoms with E-state index in [-0.39, 0.29) is 17.9 Å². The minimum Gasteiger partial charge on any atom is -0.351 e. The van der Waals surface area contributed by atoms with Crippen LogP contribution in [0.5, 0.6) is 0 Å². The van der Waals surface area contributed by atoms with Gasteiger partial charge < -0.3 is 14.8 Å². The summed E-state index contributed by atoms with van der Waals surface area (Å²) in [6.45, 7) is 4.88. The van der Waals surface area contributed by atoms with Crippen LogP contribution in [0.2, 0.25) is 0 Å². The van der Waals surface area contributed by atoms with Crippen LogP contribution >= 0.6 is 11.3 Å². The molecular weight excluding hydrogens is 394 g/mol. The van der Waals surface area contributed by atoms with Crippen molar-refractivity contribution in [1.82, 2.24) is 14.8 Å². The number of carbonyl (C=O) groups excluding carboxylic acids is 2. The zero-order valence-corrected chi connectivity index (χ0v) is 18.3. The third-order valence-corrected chi connectivity index (χ3v) is 7.67. The summed E-state index contributed by atoms with van der Waals surface area (Å²) in [5, 5.41) is 5.30. The van der Waals surface area contributed by atoms with Gasteiger partial charge in [0, 0.05) is 12.6 Å². The van der Waals surface area contributed by atoms with Crippen LogP contribution < -0.4 is 5.32 Å². The Bertz CT molecular complexity index is 1120. The van der Waals surface area contributed by atoms with Gasteiger partial charge in [-0.15, -0.1) is 11.3 Å². The Kier molecular flexibility index (Phi) is 4.69. The average Bonchev–Trinajstić information content (AvgIpc) is 3.45. The molecule has 0 saturated heterocycles. The fraction of sp³-hybridized carbons (Fsp3) is 0.417. The van der Waals surface area contributed by atoms with Crippen molar-refractivity contribution in [2.75, 3.05) is 0 Å². The monoisotopic (exact) mass is 421 g/mol. The summed E-state index contributed by atoms with van der Waals surface area (Å²) >= 11 is 1.63. The SMILES string of the molecule is Cc1ccccc1CN1C(=O)c2cc3sccc3n2CC1(C)C(=O)NC1CCCC1. The van der Waals surface area contributed by atoms with Gasteiger partial charge in [0.25, 0.3) is 5.91 Å². The van der Waals surface area contributed by atoms with Gasteiger partial charge in [0.1, 0.15) is 11.2 Å². The normalized spacial score (nSPS) is 21.9. The number of hydrogen-bond donors (Lipinski definition) is 1. The molecule has 5 nitrogen and oxygen atoms in total. The van der Waals surface area contributed by atoms with Gasteiger partial charge in [-0.25, -0.2) is 0 Å². The molecule has 3 heterocycles. The molecule has 1 aliphatic carbocycles. The van der Waals surface area contributed by atoms with Crippen molar-refractivity contribution in [3.8, 4) is 0 Å². The minimum atomic E-state index is -0.942. The first-order chi connectivity index (χ1) is 14.5. The lowest BCUT2D eigenvalue weighted by Crippen LogP contribution is -2.64. The van der Waals surface area contributed by atoms with Crippen LogP contribution in [0, 0.1) is 6.92 Å². The predicted octanol–water partition coefficient (Wildman–Crippen LogP) is 4.48. The Morgan fingerprint density at radius 1 is 1.23 bits per heavy atom. The zero-order chi connectivity index (χ0) is 20.9. The number of amides is 2. The summed E-state index contributed by atoms with van der Waals surface area (Å²) in [4.78, 5) is 29.1. The molecule has 1 fully saturated rings. The molecule has 1 aliphatic heterocycles. The van der Waals surface area contributed by atoms with E-state index in [4.69, 9.17) is 0 Å². The molecule has 0 radical (unpaired) electrons. The molecule has 2 amide bonds. The summed E-state index contributed by atoms with van der Waals surface area (Å²) in [5.74, 6) is -0.115. The third kappa shape index (κ3) is 3.05. The van der Waals surface area contributed by atoms with E-state index in [2.05, 4.69) is 18.3 Å². The van der Waals surface area contributed by atoms with E-state index in [1.165, 1.54) is 0 Å². The summed E-state index contributed by atoms with van der Waals surface area (Å²) in [6, 6.07) is 12.3. The lowest BCUT2D eigenvalue weighted by atomic mass is 9.93. The highest BCUT2D eigenvalue weighted by Crippen LogP contribution is 2.35. The highest BCUT2D eigenvalue weighted by atomic mass is 32.1. The number of benzene rings is 1. The molecule has 30 heavy (non-hydrogen) atoms. The first-order valence-electron chi connectivity index (χ1n) is 10.7. The molecule has 5 rings (SSSR count). The highest BCUT2D eigenvalue weighted by molar-refractivity contribution is 7.17. The second-order valence-corrected chi connectivity index (χ2v) is 9.78. The second kappa shape index (κ2) is 7.27. The van der Waals surface area contributed by atoms with E-state index in [1.807, 2.05) is 47.2 Å².